The predicted octanol–water partition coefficient (Wildman–Crippen LogP) is 4.28. The summed E-state index contributed by atoms with van der Waals surface area (Å²) in [5.41, 5.74) is 4.28. The van der Waals surface area contributed by atoms with Crippen molar-refractivity contribution in [3.05, 3.63) is 93.9 Å². The summed E-state index contributed by atoms with van der Waals surface area (Å²) < 4.78 is 21.9. The number of aliphatic hydroxyl groups is 1. The Bertz CT molecular complexity index is 1590. The van der Waals surface area contributed by atoms with E-state index in [1.165, 1.54) is 28.8 Å². The summed E-state index contributed by atoms with van der Waals surface area (Å²) in [6.07, 6.45) is 5.30. The molecule has 0 radical (unpaired) electrons. The van der Waals surface area contributed by atoms with Gasteiger partial charge in [0.05, 0.1) is 42.5 Å². The highest BCUT2D eigenvalue weighted by Gasteiger charge is 2.17. The standard InChI is InChI=1S/C26H23ClFN5O3/c1-36-9-8-32-14-19(13-29-32)26-20-10-16(3-5-23(20)30-31-26)17-6-7-33(25(35)12-17)24(15-34)18-2-4-22(28)21(27)11-18/h2-7,10-14,24,34H,8-9,15H2,1H3,(H,30,31). The lowest BCUT2D eigenvalue weighted by Gasteiger charge is -2.19. The molecule has 0 saturated carbocycles. The Balaban J connectivity index is 1.48. The van der Waals surface area contributed by atoms with E-state index in [0.29, 0.717) is 18.7 Å². The highest BCUT2D eigenvalue weighted by molar-refractivity contribution is 6.30. The Kier molecular flexibility index (Phi) is 6.69. The second-order valence-corrected chi connectivity index (χ2v) is 8.76. The lowest BCUT2D eigenvalue weighted by atomic mass is 10.0. The van der Waals surface area contributed by atoms with Crippen LogP contribution in [0.25, 0.3) is 33.3 Å². The van der Waals surface area contributed by atoms with Crippen molar-refractivity contribution in [2.75, 3.05) is 20.3 Å². The first kappa shape index (κ1) is 23.9. The van der Waals surface area contributed by atoms with Crippen LogP contribution < -0.4 is 5.56 Å². The second-order valence-electron chi connectivity index (χ2n) is 8.35. The van der Waals surface area contributed by atoms with E-state index < -0.39 is 11.9 Å². The van der Waals surface area contributed by atoms with E-state index in [1.807, 2.05) is 24.4 Å². The van der Waals surface area contributed by atoms with Crippen molar-refractivity contribution in [3.8, 4) is 22.4 Å². The third-order valence-electron chi connectivity index (χ3n) is 6.11. The number of ether oxygens (including phenoxy) is 1. The van der Waals surface area contributed by atoms with Crippen LogP contribution in [0, 0.1) is 5.82 Å². The predicted molar refractivity (Wildman–Crippen MR) is 136 cm³/mol. The van der Waals surface area contributed by atoms with Gasteiger partial charge in [-0.05, 0) is 47.0 Å². The summed E-state index contributed by atoms with van der Waals surface area (Å²) in [5.74, 6) is -0.559. The van der Waals surface area contributed by atoms with Gasteiger partial charge in [-0.3, -0.25) is 14.6 Å². The summed E-state index contributed by atoms with van der Waals surface area (Å²) in [4.78, 5) is 13.0. The molecule has 1 unspecified atom stereocenters. The van der Waals surface area contributed by atoms with Gasteiger partial charge in [0.15, 0.2) is 0 Å². The van der Waals surface area contributed by atoms with Crippen molar-refractivity contribution in [1.29, 1.82) is 0 Å². The maximum Gasteiger partial charge on any atom is 0.251 e. The molecule has 0 spiro atoms. The number of aromatic nitrogens is 5. The number of aromatic amines is 1. The number of H-pyrrole nitrogens is 1. The fraction of sp³-hybridized carbons (Fsp3) is 0.192. The molecule has 2 N–H and O–H groups in total. The largest absolute Gasteiger partial charge is 0.394 e. The SMILES string of the molecule is COCCn1cc(-c2n[nH]c3ccc(-c4ccn(C(CO)c5ccc(F)c(Cl)c5)c(=O)c4)cc23)cn1. The van der Waals surface area contributed by atoms with Gasteiger partial charge in [0, 0.05) is 36.5 Å². The van der Waals surface area contributed by atoms with Crippen LogP contribution in [-0.4, -0.2) is 50.0 Å². The maximum atomic E-state index is 13.6. The summed E-state index contributed by atoms with van der Waals surface area (Å²) in [6.45, 7) is 0.854. The third kappa shape index (κ3) is 4.56. The van der Waals surface area contributed by atoms with Crippen LogP contribution in [0.5, 0.6) is 0 Å². The number of halogens is 2. The van der Waals surface area contributed by atoms with Gasteiger partial charge in [0.2, 0.25) is 0 Å². The van der Waals surface area contributed by atoms with Crippen LogP contribution in [0.2, 0.25) is 5.02 Å². The zero-order valence-electron chi connectivity index (χ0n) is 19.4. The monoisotopic (exact) mass is 507 g/mol. The molecule has 0 aliphatic heterocycles. The van der Waals surface area contributed by atoms with Gasteiger partial charge in [-0.1, -0.05) is 23.7 Å². The van der Waals surface area contributed by atoms with E-state index in [4.69, 9.17) is 16.3 Å². The van der Waals surface area contributed by atoms with Gasteiger partial charge in [-0.25, -0.2) is 4.39 Å². The molecule has 0 aliphatic carbocycles. The first-order valence-corrected chi connectivity index (χ1v) is 11.6. The van der Waals surface area contributed by atoms with Crippen molar-refractivity contribution in [2.45, 2.75) is 12.6 Å². The van der Waals surface area contributed by atoms with Crippen molar-refractivity contribution in [3.63, 3.8) is 0 Å². The minimum atomic E-state index is -0.692. The molecule has 0 amide bonds. The number of rotatable bonds is 8. The molecule has 36 heavy (non-hydrogen) atoms. The van der Waals surface area contributed by atoms with E-state index >= 15 is 0 Å². The number of fused-ring (bicyclic) bond motifs is 1. The number of aliphatic hydroxyl groups excluding tert-OH is 1. The topological polar surface area (TPSA) is 98.0 Å². The zero-order chi connectivity index (χ0) is 25.2. The number of pyridine rings is 1. The second kappa shape index (κ2) is 10.1. The lowest BCUT2D eigenvalue weighted by molar-refractivity contribution is 0.183. The number of methoxy groups -OCH3 is 1. The Morgan fingerprint density at radius 3 is 2.72 bits per heavy atom. The average molecular weight is 508 g/mol. The summed E-state index contributed by atoms with van der Waals surface area (Å²) >= 11 is 5.90. The Hall–Kier alpha value is -3.79. The van der Waals surface area contributed by atoms with E-state index in [9.17, 15) is 14.3 Å². The van der Waals surface area contributed by atoms with Crippen LogP contribution >= 0.6 is 11.6 Å². The number of hydrogen-bond acceptors (Lipinski definition) is 5. The molecular formula is C26H23ClFN5O3. The normalized spacial score (nSPS) is 12.3. The van der Waals surface area contributed by atoms with Crippen molar-refractivity contribution in [2.24, 2.45) is 0 Å². The smallest absolute Gasteiger partial charge is 0.251 e. The van der Waals surface area contributed by atoms with Crippen molar-refractivity contribution < 1.29 is 14.2 Å². The van der Waals surface area contributed by atoms with E-state index in [0.717, 1.165) is 33.3 Å². The van der Waals surface area contributed by atoms with Crippen LogP contribution in [-0.2, 0) is 11.3 Å². The average Bonchev–Trinajstić information content (AvgIpc) is 3.52. The van der Waals surface area contributed by atoms with E-state index in [-0.39, 0.29) is 17.2 Å². The molecule has 3 heterocycles. The molecule has 0 aliphatic rings. The summed E-state index contributed by atoms with van der Waals surface area (Å²) in [5, 5.41) is 22.7. The number of nitrogens with one attached hydrogen (secondary N) is 1. The molecule has 10 heteroatoms. The fourth-order valence-corrected chi connectivity index (χ4v) is 4.40. The van der Waals surface area contributed by atoms with Crippen LogP contribution in [0.3, 0.4) is 0 Å². The molecule has 8 nitrogen and oxygen atoms in total. The molecule has 0 saturated heterocycles. The molecule has 5 rings (SSSR count). The Labute approximate surface area is 210 Å². The van der Waals surface area contributed by atoms with Crippen LogP contribution in [0.1, 0.15) is 11.6 Å². The highest BCUT2D eigenvalue weighted by atomic mass is 35.5. The number of hydrogen-bond donors (Lipinski definition) is 2. The minimum absolute atomic E-state index is 0.0657. The molecular weight excluding hydrogens is 485 g/mol. The molecule has 3 aromatic heterocycles. The number of nitrogens with zero attached hydrogens (tertiary/aromatic N) is 4. The summed E-state index contributed by atoms with van der Waals surface area (Å²) in [7, 11) is 1.65. The highest BCUT2D eigenvalue weighted by Crippen LogP contribution is 2.30. The van der Waals surface area contributed by atoms with Gasteiger partial charge in [-0.2, -0.15) is 10.2 Å². The summed E-state index contributed by atoms with van der Waals surface area (Å²) in [6, 6.07) is 12.6. The van der Waals surface area contributed by atoms with Crippen LogP contribution in [0.15, 0.2) is 71.9 Å². The maximum absolute atomic E-state index is 13.6. The molecule has 1 atom stereocenters. The van der Waals surface area contributed by atoms with Gasteiger partial charge in [0.1, 0.15) is 11.5 Å². The van der Waals surface area contributed by atoms with Gasteiger partial charge < -0.3 is 14.4 Å². The first-order chi connectivity index (χ1) is 17.5. The van der Waals surface area contributed by atoms with Crippen molar-refractivity contribution >= 4 is 22.5 Å². The van der Waals surface area contributed by atoms with E-state index in [1.54, 1.807) is 30.3 Å². The van der Waals surface area contributed by atoms with Crippen molar-refractivity contribution in [1.82, 2.24) is 24.5 Å². The minimum Gasteiger partial charge on any atom is -0.394 e. The zero-order valence-corrected chi connectivity index (χ0v) is 20.1. The van der Waals surface area contributed by atoms with Gasteiger partial charge in [0.25, 0.3) is 5.56 Å². The van der Waals surface area contributed by atoms with Gasteiger partial charge in [-0.15, -0.1) is 0 Å². The third-order valence-corrected chi connectivity index (χ3v) is 6.40. The first-order valence-electron chi connectivity index (χ1n) is 11.3. The molecule has 2 aromatic carbocycles. The quantitative estimate of drug-likeness (QED) is 0.327. The Morgan fingerprint density at radius 1 is 1.14 bits per heavy atom. The molecule has 5 aromatic rings. The van der Waals surface area contributed by atoms with Crippen LogP contribution in [0.4, 0.5) is 4.39 Å². The Morgan fingerprint density at radius 2 is 1.97 bits per heavy atom. The molecule has 0 bridgehead atoms. The molecule has 0 fully saturated rings. The molecule has 184 valence electrons. The lowest BCUT2D eigenvalue weighted by Crippen LogP contribution is -2.26. The number of benzene rings is 2. The van der Waals surface area contributed by atoms with Gasteiger partial charge >= 0.3 is 0 Å². The van der Waals surface area contributed by atoms with E-state index in [2.05, 4.69) is 15.3 Å². The fourth-order valence-electron chi connectivity index (χ4n) is 4.21.